The summed E-state index contributed by atoms with van der Waals surface area (Å²) in [7, 11) is 0. The van der Waals surface area contributed by atoms with E-state index < -0.39 is 0 Å². The van der Waals surface area contributed by atoms with E-state index in [1.54, 1.807) is 18.2 Å². The van der Waals surface area contributed by atoms with E-state index in [4.69, 9.17) is 15.3 Å². The minimum Gasteiger partial charge on any atom is -0.493 e. The van der Waals surface area contributed by atoms with Crippen LogP contribution in [-0.2, 0) is 6.61 Å². The summed E-state index contributed by atoms with van der Waals surface area (Å²) >= 11 is 0. The molecule has 0 saturated carbocycles. The van der Waals surface area contributed by atoms with Gasteiger partial charge in [-0.2, -0.15) is 0 Å². The molecule has 3 N–H and O–H groups in total. The van der Waals surface area contributed by atoms with Crippen molar-refractivity contribution in [2.24, 2.45) is 5.84 Å². The zero-order chi connectivity index (χ0) is 17.6. The fraction of sp³-hybridized carbons (Fsp3) is 0.150. The topological polar surface area (TPSA) is 73.6 Å². The molecule has 0 aliphatic rings. The number of hydrogen-bond acceptors (Lipinski definition) is 4. The monoisotopic (exact) mass is 336 g/mol. The highest BCUT2D eigenvalue weighted by atomic mass is 16.5. The Morgan fingerprint density at radius 3 is 2.60 bits per heavy atom. The highest BCUT2D eigenvalue weighted by Crippen LogP contribution is 2.28. The van der Waals surface area contributed by atoms with Crippen molar-refractivity contribution in [3.05, 3.63) is 71.8 Å². The van der Waals surface area contributed by atoms with Gasteiger partial charge in [0, 0.05) is 16.5 Å². The minimum absolute atomic E-state index is 0.287. The van der Waals surface area contributed by atoms with Gasteiger partial charge in [-0.3, -0.25) is 10.2 Å². The van der Waals surface area contributed by atoms with Crippen LogP contribution in [0, 0.1) is 0 Å². The SMILES string of the molecule is CCOc1ccc(C(=O)NN)cc1COc1cccc2ccccc12. The van der Waals surface area contributed by atoms with E-state index >= 15 is 0 Å². The number of amides is 1. The molecule has 1 amide bonds. The second-order valence-electron chi connectivity index (χ2n) is 5.49. The van der Waals surface area contributed by atoms with Gasteiger partial charge in [0.25, 0.3) is 5.91 Å². The predicted octanol–water partition coefficient (Wildman–Crippen LogP) is 3.42. The molecule has 5 heteroatoms. The van der Waals surface area contributed by atoms with Crippen LogP contribution in [0.1, 0.15) is 22.8 Å². The first-order valence-electron chi connectivity index (χ1n) is 8.10. The smallest absolute Gasteiger partial charge is 0.265 e. The Morgan fingerprint density at radius 2 is 1.80 bits per heavy atom. The van der Waals surface area contributed by atoms with Crippen molar-refractivity contribution in [3.8, 4) is 11.5 Å². The standard InChI is InChI=1S/C20H20N2O3/c1-2-24-18-11-10-15(20(23)22-21)12-16(18)13-25-19-9-5-7-14-6-3-4-8-17(14)19/h3-12H,2,13,21H2,1H3,(H,22,23). The number of nitrogen functional groups attached to an aromatic ring is 1. The van der Waals surface area contributed by atoms with Gasteiger partial charge in [0.05, 0.1) is 6.61 Å². The Labute approximate surface area is 146 Å². The molecule has 3 aromatic carbocycles. The number of carbonyl (C=O) groups excluding carboxylic acids is 1. The maximum Gasteiger partial charge on any atom is 0.265 e. The van der Waals surface area contributed by atoms with Crippen molar-refractivity contribution >= 4 is 16.7 Å². The molecule has 0 bridgehead atoms. The number of hydrogen-bond donors (Lipinski definition) is 2. The van der Waals surface area contributed by atoms with Gasteiger partial charge in [0.2, 0.25) is 0 Å². The number of ether oxygens (including phenoxy) is 2. The summed E-state index contributed by atoms with van der Waals surface area (Å²) in [6.45, 7) is 2.73. The Kier molecular flexibility index (Phi) is 5.16. The van der Waals surface area contributed by atoms with Gasteiger partial charge in [-0.25, -0.2) is 5.84 Å². The molecule has 0 unspecified atom stereocenters. The van der Waals surface area contributed by atoms with Crippen LogP contribution in [-0.4, -0.2) is 12.5 Å². The molecule has 0 atom stereocenters. The van der Waals surface area contributed by atoms with Gasteiger partial charge >= 0.3 is 0 Å². The van der Waals surface area contributed by atoms with Crippen molar-refractivity contribution in [2.45, 2.75) is 13.5 Å². The summed E-state index contributed by atoms with van der Waals surface area (Å²) in [5.74, 6) is 6.34. The third kappa shape index (κ3) is 3.72. The minimum atomic E-state index is -0.352. The zero-order valence-electron chi connectivity index (χ0n) is 14.0. The maximum atomic E-state index is 11.8. The van der Waals surface area contributed by atoms with Crippen LogP contribution in [0.25, 0.3) is 10.8 Å². The van der Waals surface area contributed by atoms with Crippen molar-refractivity contribution in [3.63, 3.8) is 0 Å². The Hall–Kier alpha value is -3.05. The lowest BCUT2D eigenvalue weighted by molar-refractivity contribution is 0.0953. The van der Waals surface area contributed by atoms with Crippen LogP contribution in [0.4, 0.5) is 0 Å². The number of hydrazine groups is 1. The fourth-order valence-electron chi connectivity index (χ4n) is 2.69. The van der Waals surface area contributed by atoms with E-state index in [2.05, 4.69) is 5.43 Å². The summed E-state index contributed by atoms with van der Waals surface area (Å²) in [5.41, 5.74) is 3.39. The summed E-state index contributed by atoms with van der Waals surface area (Å²) in [4.78, 5) is 11.8. The summed E-state index contributed by atoms with van der Waals surface area (Å²) in [6, 6.07) is 19.1. The summed E-state index contributed by atoms with van der Waals surface area (Å²) in [6.07, 6.45) is 0. The van der Waals surface area contributed by atoms with Gasteiger partial charge in [-0.1, -0.05) is 36.4 Å². The molecule has 3 rings (SSSR count). The summed E-state index contributed by atoms with van der Waals surface area (Å²) in [5, 5.41) is 2.15. The molecule has 0 radical (unpaired) electrons. The van der Waals surface area contributed by atoms with Crippen molar-refractivity contribution < 1.29 is 14.3 Å². The second kappa shape index (κ2) is 7.68. The molecular weight excluding hydrogens is 316 g/mol. The zero-order valence-corrected chi connectivity index (χ0v) is 14.0. The number of nitrogens with one attached hydrogen (secondary N) is 1. The van der Waals surface area contributed by atoms with E-state index in [-0.39, 0.29) is 12.5 Å². The fourth-order valence-corrected chi connectivity index (χ4v) is 2.69. The first kappa shape index (κ1) is 16.8. The van der Waals surface area contributed by atoms with Crippen LogP contribution in [0.2, 0.25) is 0 Å². The Balaban J connectivity index is 1.89. The van der Waals surface area contributed by atoms with E-state index in [1.165, 1.54) is 0 Å². The van der Waals surface area contributed by atoms with E-state index in [1.807, 2.05) is 49.4 Å². The lowest BCUT2D eigenvalue weighted by Crippen LogP contribution is -2.30. The first-order valence-corrected chi connectivity index (χ1v) is 8.10. The molecule has 0 saturated heterocycles. The molecule has 0 aromatic heterocycles. The van der Waals surface area contributed by atoms with E-state index in [9.17, 15) is 4.79 Å². The van der Waals surface area contributed by atoms with Gasteiger partial charge in [-0.05, 0) is 36.6 Å². The number of rotatable bonds is 6. The largest absolute Gasteiger partial charge is 0.493 e. The van der Waals surface area contributed by atoms with Crippen LogP contribution in [0.15, 0.2) is 60.7 Å². The molecule has 3 aromatic rings. The summed E-state index contributed by atoms with van der Waals surface area (Å²) < 4.78 is 11.7. The van der Waals surface area contributed by atoms with Crippen LogP contribution < -0.4 is 20.7 Å². The molecule has 25 heavy (non-hydrogen) atoms. The Morgan fingerprint density at radius 1 is 1.00 bits per heavy atom. The average Bonchev–Trinajstić information content (AvgIpc) is 2.66. The molecule has 128 valence electrons. The van der Waals surface area contributed by atoms with E-state index in [0.29, 0.717) is 17.9 Å². The normalized spacial score (nSPS) is 10.5. The van der Waals surface area contributed by atoms with Crippen LogP contribution >= 0.6 is 0 Å². The van der Waals surface area contributed by atoms with Crippen molar-refractivity contribution in [1.29, 1.82) is 0 Å². The van der Waals surface area contributed by atoms with E-state index in [0.717, 1.165) is 22.1 Å². The molecule has 0 spiro atoms. The quantitative estimate of drug-likeness (QED) is 0.411. The molecular formula is C20H20N2O3. The molecule has 0 aliphatic heterocycles. The van der Waals surface area contributed by atoms with Gasteiger partial charge in [0.15, 0.2) is 0 Å². The van der Waals surface area contributed by atoms with Crippen LogP contribution in [0.3, 0.4) is 0 Å². The highest BCUT2D eigenvalue weighted by molar-refractivity contribution is 5.94. The van der Waals surface area contributed by atoms with Gasteiger partial charge < -0.3 is 9.47 Å². The van der Waals surface area contributed by atoms with Gasteiger partial charge in [-0.15, -0.1) is 0 Å². The number of benzene rings is 3. The lowest BCUT2D eigenvalue weighted by Gasteiger charge is -2.14. The second-order valence-corrected chi connectivity index (χ2v) is 5.49. The third-order valence-electron chi connectivity index (χ3n) is 3.89. The van der Waals surface area contributed by atoms with Crippen LogP contribution in [0.5, 0.6) is 11.5 Å². The first-order chi connectivity index (χ1) is 12.2. The molecule has 0 heterocycles. The van der Waals surface area contributed by atoms with Gasteiger partial charge in [0.1, 0.15) is 18.1 Å². The Bertz CT molecular complexity index is 888. The van der Waals surface area contributed by atoms with Crippen molar-refractivity contribution in [2.75, 3.05) is 6.61 Å². The molecule has 0 fully saturated rings. The maximum absolute atomic E-state index is 11.8. The third-order valence-corrected chi connectivity index (χ3v) is 3.89. The number of carbonyl (C=O) groups is 1. The van der Waals surface area contributed by atoms with Crippen molar-refractivity contribution in [1.82, 2.24) is 5.43 Å². The molecule has 5 nitrogen and oxygen atoms in total. The predicted molar refractivity (Wildman–Crippen MR) is 97.5 cm³/mol. The molecule has 0 aliphatic carbocycles. The number of nitrogens with two attached hydrogens (primary N) is 1. The average molecular weight is 336 g/mol. The lowest BCUT2D eigenvalue weighted by atomic mass is 10.1. The number of fused-ring (bicyclic) bond motifs is 1. The highest BCUT2D eigenvalue weighted by Gasteiger charge is 2.11.